The number of aromatic nitrogens is 3. The molecule has 4 amide bonds. The summed E-state index contributed by atoms with van der Waals surface area (Å²) in [6.45, 7) is 63.9. The van der Waals surface area contributed by atoms with Crippen LogP contribution in [0.15, 0.2) is 127 Å². The third-order valence-corrected chi connectivity index (χ3v) is 18.9. The van der Waals surface area contributed by atoms with Crippen LogP contribution < -0.4 is 36.8 Å². The number of ketones is 1. The average Bonchev–Trinajstić information content (AvgIpc) is 1.72. The topological polar surface area (TPSA) is 176 Å². The Labute approximate surface area is 585 Å². The number of para-hydroxylation sites is 1. The highest BCUT2D eigenvalue weighted by Crippen LogP contribution is 2.46. The zero-order chi connectivity index (χ0) is 74.3. The minimum Gasteiger partial charge on any atom is -0.362 e. The lowest BCUT2D eigenvalue weighted by molar-refractivity contribution is -0.148. The lowest BCUT2D eigenvalue weighted by Crippen LogP contribution is -2.57. The van der Waals surface area contributed by atoms with Gasteiger partial charge in [-0.15, -0.1) is 5.10 Å². The first-order valence-corrected chi connectivity index (χ1v) is 36.2. The number of carbonyl (C=O) groups is 5. The molecule has 2 aliphatic rings. The van der Waals surface area contributed by atoms with E-state index in [2.05, 4.69) is 167 Å². The van der Waals surface area contributed by atoms with Crippen molar-refractivity contribution in [1.82, 2.24) is 35.8 Å². The van der Waals surface area contributed by atoms with E-state index in [0.29, 0.717) is 44.8 Å². The highest BCUT2D eigenvalue weighted by molar-refractivity contribution is 7.85. The predicted molar refractivity (Wildman–Crippen MR) is 407 cm³/mol. The highest BCUT2D eigenvalue weighted by atomic mass is 31.2. The summed E-state index contributed by atoms with van der Waals surface area (Å²) in [5.41, 5.74) is 6.13. The normalized spacial score (nSPS) is 14.0. The summed E-state index contributed by atoms with van der Waals surface area (Å²) in [6.07, 6.45) is 0.588. The van der Waals surface area contributed by atoms with Crippen LogP contribution in [0.25, 0.3) is 22.5 Å². The van der Waals surface area contributed by atoms with Gasteiger partial charge in [0, 0.05) is 103 Å². The van der Waals surface area contributed by atoms with Crippen LogP contribution in [0.1, 0.15) is 240 Å². The fourth-order valence-corrected chi connectivity index (χ4v) is 13.5. The molecule has 2 aliphatic heterocycles. The molecule has 0 aliphatic carbocycles. The SMILES string of the molecule is CC(C)(C)C(=O)N1CC(C(C)(C)C)C1.CC(C)(C)CC(=O)NC(C)(C)C.CC(C)(C)N1Cc2ccccc2-c2nnn(C(C)(C)C)c2-c2ccccc21.CC(C)(C)NC(=O)C(C)(C)C.CC(C)(C)NC(=O)c1ccc(C(=O)C(C)(C)C)cc1P(=O)(c1ccccc1)c1ccccc1. The number of rotatable bonds is 6. The van der Waals surface area contributed by atoms with Crippen LogP contribution >= 0.6 is 7.14 Å². The van der Waals surface area contributed by atoms with E-state index < -0.39 is 18.1 Å². The maximum Gasteiger partial charge on any atom is 0.252 e. The number of carbonyl (C=O) groups excluding carboxylic acids is 5. The maximum absolute atomic E-state index is 15.0. The van der Waals surface area contributed by atoms with Crippen molar-refractivity contribution in [2.75, 3.05) is 18.0 Å². The predicted octanol–water partition coefficient (Wildman–Crippen LogP) is 17.4. The van der Waals surface area contributed by atoms with Crippen LogP contribution in [0, 0.1) is 33.0 Å². The Balaban J connectivity index is 0.000000278. The summed E-state index contributed by atoms with van der Waals surface area (Å²) in [6, 6.07) is 40.5. The van der Waals surface area contributed by atoms with E-state index in [1.54, 1.807) is 18.2 Å². The minimum atomic E-state index is -3.47. The standard InChI is InChI=1S/C28H32NO3P.C23H28N4.C12H23NO.C10H21NO.C9H19NO/c1-27(2,3)25(30)20-17-18-23(26(31)29-28(4,5)6)24(19-20)33(32,21-13-9-7-10-14-21)22-15-11-8-12-16-22;1-22(2,3)26-15-16-11-7-8-12-17(16)20-21(18-13-9-10-14-19(18)26)27(25-24-20)23(4,5)6;1-11(2,3)9-7-13(8-9)10(14)12(4,5)6;1-9(2,3)7-8(12)11-10(4,5)6;1-8(2,3)7(11)10-9(4,5)6/h7-19H,1-6H3,(H,29,31);7-14H,15H2,1-6H3;9H,7-8H2,1-6H3;7H2,1-6H3,(H,11,12);1-6H3,(H,10,11). The largest absolute Gasteiger partial charge is 0.362 e. The van der Waals surface area contributed by atoms with Gasteiger partial charge in [0.05, 0.1) is 16.8 Å². The van der Waals surface area contributed by atoms with E-state index in [9.17, 15) is 24.0 Å². The molecule has 0 radical (unpaired) electrons. The Morgan fingerprint density at radius 3 is 1.38 bits per heavy atom. The molecule has 5 aromatic carbocycles. The Morgan fingerprint density at radius 1 is 0.505 bits per heavy atom. The van der Waals surface area contributed by atoms with Gasteiger partial charge in [-0.2, -0.15) is 0 Å². The number of hydrogen-bond acceptors (Lipinski definition) is 9. The molecule has 0 spiro atoms. The fraction of sp³-hybridized carbons (Fsp3) is 0.549. The lowest BCUT2D eigenvalue weighted by atomic mass is 9.75. The van der Waals surface area contributed by atoms with E-state index >= 15 is 4.57 Å². The first-order chi connectivity index (χ1) is 43.9. The van der Waals surface area contributed by atoms with Crippen molar-refractivity contribution >= 4 is 58.2 Å². The van der Waals surface area contributed by atoms with Gasteiger partial charge in [-0.1, -0.05) is 218 Å². The smallest absolute Gasteiger partial charge is 0.252 e. The third-order valence-electron chi connectivity index (χ3n) is 15.8. The number of fused-ring (bicyclic) bond motifs is 5. The second kappa shape index (κ2) is 30.9. The van der Waals surface area contributed by atoms with Gasteiger partial charge in [-0.05, 0) is 144 Å². The number of hydrogen-bond donors (Lipinski definition) is 3. The minimum absolute atomic E-state index is 0.0132. The summed E-state index contributed by atoms with van der Waals surface area (Å²) in [7, 11) is -3.47. The van der Waals surface area contributed by atoms with E-state index in [-0.39, 0.29) is 67.8 Å². The molecule has 1 fully saturated rings. The fourth-order valence-electron chi connectivity index (χ4n) is 10.6. The molecule has 532 valence electrons. The first kappa shape index (κ1) is 82.2. The highest BCUT2D eigenvalue weighted by Gasteiger charge is 2.42. The Bertz CT molecular complexity index is 3640. The number of nitrogens with zero attached hydrogens (tertiary/aromatic N) is 5. The van der Waals surface area contributed by atoms with Gasteiger partial charge in [0.15, 0.2) is 12.9 Å². The quantitative estimate of drug-likeness (QED) is 0.108. The number of Topliss-reactive ketones (excluding diaryl/α,β-unsaturated/α-hetero) is 1. The molecule has 0 atom stereocenters. The molecular formula is C82H123N8O6P. The van der Waals surface area contributed by atoms with Crippen LogP contribution in [0.2, 0.25) is 0 Å². The van der Waals surface area contributed by atoms with E-state index in [1.807, 2.05) is 190 Å². The molecule has 97 heavy (non-hydrogen) atoms. The monoisotopic (exact) mass is 1350 g/mol. The number of likely N-dealkylation sites (tertiary alicyclic amines) is 1. The van der Waals surface area contributed by atoms with E-state index in [1.165, 1.54) is 22.4 Å². The van der Waals surface area contributed by atoms with Crippen molar-refractivity contribution in [3.8, 4) is 22.5 Å². The van der Waals surface area contributed by atoms with Crippen molar-refractivity contribution in [3.05, 3.63) is 144 Å². The molecule has 0 saturated carbocycles. The first-order valence-electron chi connectivity index (χ1n) is 34.4. The average molecular weight is 1350 g/mol. The van der Waals surface area contributed by atoms with E-state index in [0.717, 1.165) is 31.0 Å². The Morgan fingerprint density at radius 2 is 0.969 bits per heavy atom. The molecule has 0 bridgehead atoms. The van der Waals surface area contributed by atoms with Crippen molar-refractivity contribution in [3.63, 3.8) is 0 Å². The molecule has 15 heteroatoms. The van der Waals surface area contributed by atoms with Crippen molar-refractivity contribution in [2.45, 2.75) is 248 Å². The summed E-state index contributed by atoms with van der Waals surface area (Å²) in [5, 5.41) is 19.7. The molecule has 6 aromatic rings. The number of nitrogens with one attached hydrogen (secondary N) is 3. The maximum atomic E-state index is 15.0. The lowest BCUT2D eigenvalue weighted by Gasteiger charge is -2.48. The van der Waals surface area contributed by atoms with Crippen LogP contribution in [0.3, 0.4) is 0 Å². The van der Waals surface area contributed by atoms with Crippen LogP contribution in [0.4, 0.5) is 5.69 Å². The molecule has 8 rings (SSSR count). The number of benzene rings is 5. The summed E-state index contributed by atoms with van der Waals surface area (Å²) in [4.78, 5) is 65.5. The summed E-state index contributed by atoms with van der Waals surface area (Å²) < 4.78 is 17.1. The van der Waals surface area contributed by atoms with Gasteiger partial charge < -0.3 is 30.3 Å². The third kappa shape index (κ3) is 24.1. The molecule has 1 aromatic heterocycles. The molecule has 1 saturated heterocycles. The van der Waals surface area contributed by atoms with Gasteiger partial charge in [0.25, 0.3) is 5.91 Å². The molecule has 3 heterocycles. The van der Waals surface area contributed by atoms with Gasteiger partial charge in [0.1, 0.15) is 5.69 Å². The van der Waals surface area contributed by atoms with Crippen LogP contribution in [-0.4, -0.2) is 84.6 Å². The molecule has 0 unspecified atom stereocenters. The second-order valence-electron chi connectivity index (χ2n) is 36.6. The summed E-state index contributed by atoms with van der Waals surface area (Å²) in [5.74, 6) is 0.811. The van der Waals surface area contributed by atoms with Crippen LogP contribution in [-0.2, 0) is 31.0 Å². The van der Waals surface area contributed by atoms with Gasteiger partial charge in [0.2, 0.25) is 17.7 Å². The number of amides is 4. The molecule has 3 N–H and O–H groups in total. The van der Waals surface area contributed by atoms with Gasteiger partial charge >= 0.3 is 0 Å². The van der Waals surface area contributed by atoms with Gasteiger partial charge in [-0.25, -0.2) is 4.68 Å². The summed E-state index contributed by atoms with van der Waals surface area (Å²) >= 11 is 0. The van der Waals surface area contributed by atoms with Crippen molar-refractivity contribution < 1.29 is 28.5 Å². The van der Waals surface area contributed by atoms with Gasteiger partial charge in [-0.3, -0.25) is 24.0 Å². The zero-order valence-corrected chi connectivity index (χ0v) is 66.1. The van der Waals surface area contributed by atoms with Crippen molar-refractivity contribution in [2.24, 2.45) is 33.0 Å². The van der Waals surface area contributed by atoms with E-state index in [4.69, 9.17) is 0 Å². The Kier molecular flexibility index (Phi) is 26.2. The van der Waals surface area contributed by atoms with Crippen LogP contribution in [0.5, 0.6) is 0 Å². The number of anilines is 1. The van der Waals surface area contributed by atoms with Crippen molar-refractivity contribution in [1.29, 1.82) is 0 Å². The Hall–Kier alpha value is -7.18. The zero-order valence-electron chi connectivity index (χ0n) is 65.2. The molecule has 14 nitrogen and oxygen atoms in total. The molecular weight excluding hydrogens is 1220 g/mol. The second-order valence-corrected chi connectivity index (χ2v) is 39.3.